The molecule has 2 aliphatic heterocycles. The lowest BCUT2D eigenvalue weighted by molar-refractivity contribution is -0.129. The van der Waals surface area contributed by atoms with Crippen LogP contribution in [0.2, 0.25) is 5.15 Å². The molecule has 0 radical (unpaired) electrons. The molecule has 4 rings (SSSR count). The fourth-order valence-corrected chi connectivity index (χ4v) is 5.33. The molecule has 1 unspecified atom stereocenters. The number of carbonyl (C=O) groups is 1. The van der Waals surface area contributed by atoms with Crippen LogP contribution in [0.3, 0.4) is 0 Å². The molecular weight excluding hydrogens is 402 g/mol. The van der Waals surface area contributed by atoms with Crippen LogP contribution in [0.15, 0.2) is 35.0 Å². The van der Waals surface area contributed by atoms with E-state index in [1.165, 1.54) is 10.8 Å². The summed E-state index contributed by atoms with van der Waals surface area (Å²) in [5.41, 5.74) is 3.05. The Hall–Kier alpha value is -2.45. The number of cyclic esters (lactones) is 1. The number of hydrogen-bond acceptors (Lipinski definition) is 6. The van der Waals surface area contributed by atoms with Crippen LogP contribution in [0.1, 0.15) is 34.8 Å². The average molecular weight is 420 g/mol. The molecule has 1 fully saturated rings. The summed E-state index contributed by atoms with van der Waals surface area (Å²) in [6, 6.07) is 7.19. The smallest absolute Gasteiger partial charge is 0.363 e. The first-order chi connectivity index (χ1) is 13.2. The summed E-state index contributed by atoms with van der Waals surface area (Å²) >= 11 is 6.46. The number of aryl methyl sites for hydroxylation is 2. The number of ether oxygens (including phenoxy) is 1. The molecule has 1 aromatic heterocycles. The maximum atomic E-state index is 12.2. The molecule has 9 heteroatoms. The second-order valence-electron chi connectivity index (χ2n) is 6.99. The Bertz CT molecular complexity index is 1130. The minimum absolute atomic E-state index is 0.0155. The molecule has 1 aromatic carbocycles. The molecule has 146 valence electrons. The molecule has 0 N–H and O–H groups in total. The van der Waals surface area contributed by atoms with Gasteiger partial charge in [-0.15, -0.1) is 0 Å². The molecule has 7 nitrogen and oxygen atoms in total. The third kappa shape index (κ3) is 3.49. The number of carbonyl (C=O) groups excluding carboxylic acids is 1. The Kier molecular flexibility index (Phi) is 4.63. The fourth-order valence-electron chi connectivity index (χ4n) is 3.27. The first-order valence-electron chi connectivity index (χ1n) is 8.78. The Balaban J connectivity index is 1.67. The van der Waals surface area contributed by atoms with Crippen LogP contribution in [0.25, 0.3) is 6.08 Å². The van der Waals surface area contributed by atoms with E-state index in [9.17, 15) is 13.2 Å². The van der Waals surface area contributed by atoms with E-state index < -0.39 is 15.8 Å². The van der Waals surface area contributed by atoms with E-state index in [4.69, 9.17) is 16.3 Å². The monoisotopic (exact) mass is 419 g/mol. The number of hydrogen-bond donors (Lipinski definition) is 0. The molecule has 0 bridgehead atoms. The maximum absolute atomic E-state index is 12.2. The van der Waals surface area contributed by atoms with Crippen molar-refractivity contribution in [3.8, 4) is 0 Å². The van der Waals surface area contributed by atoms with Crippen molar-refractivity contribution in [2.45, 2.75) is 26.3 Å². The highest BCUT2D eigenvalue weighted by Gasteiger charge is 2.32. The Morgan fingerprint density at radius 1 is 1.25 bits per heavy atom. The van der Waals surface area contributed by atoms with Crippen LogP contribution in [0, 0.1) is 13.8 Å². The van der Waals surface area contributed by atoms with Crippen LogP contribution in [-0.2, 0) is 19.4 Å². The van der Waals surface area contributed by atoms with Crippen LogP contribution < -0.4 is 0 Å². The highest BCUT2D eigenvalue weighted by atomic mass is 35.5. The van der Waals surface area contributed by atoms with E-state index in [1.54, 1.807) is 6.92 Å². The molecule has 2 aromatic rings. The van der Waals surface area contributed by atoms with Crippen molar-refractivity contribution in [2.75, 3.05) is 11.5 Å². The SMILES string of the molecule is Cc1ccc(C2=N/C(=C/c3c(C)nn(C4CCS(=O)(=O)C4)c3Cl)C(=O)O2)cc1. The van der Waals surface area contributed by atoms with Crippen molar-refractivity contribution in [3.63, 3.8) is 0 Å². The quantitative estimate of drug-likeness (QED) is 0.563. The summed E-state index contributed by atoms with van der Waals surface area (Å²) in [5.74, 6) is -0.192. The van der Waals surface area contributed by atoms with Gasteiger partial charge in [-0.2, -0.15) is 5.10 Å². The third-order valence-electron chi connectivity index (χ3n) is 4.83. The van der Waals surface area contributed by atoms with Gasteiger partial charge in [0.05, 0.1) is 23.2 Å². The summed E-state index contributed by atoms with van der Waals surface area (Å²) in [4.78, 5) is 16.5. The van der Waals surface area contributed by atoms with E-state index >= 15 is 0 Å². The molecule has 1 atom stereocenters. The van der Waals surface area contributed by atoms with Gasteiger partial charge in [-0.05, 0) is 38.5 Å². The van der Waals surface area contributed by atoms with Crippen molar-refractivity contribution in [2.24, 2.45) is 4.99 Å². The number of rotatable bonds is 3. The lowest BCUT2D eigenvalue weighted by Crippen LogP contribution is -2.12. The minimum Gasteiger partial charge on any atom is -0.402 e. The Labute approximate surface area is 167 Å². The topological polar surface area (TPSA) is 90.6 Å². The number of sulfone groups is 1. The summed E-state index contributed by atoms with van der Waals surface area (Å²) < 4.78 is 30.3. The number of esters is 1. The molecule has 2 aliphatic rings. The number of aliphatic imine (C=N–C) groups is 1. The van der Waals surface area contributed by atoms with E-state index in [-0.39, 0.29) is 29.1 Å². The van der Waals surface area contributed by atoms with Crippen molar-refractivity contribution < 1.29 is 17.9 Å². The van der Waals surface area contributed by atoms with E-state index in [2.05, 4.69) is 10.1 Å². The number of benzene rings is 1. The summed E-state index contributed by atoms with van der Waals surface area (Å²) in [5, 5.41) is 4.68. The van der Waals surface area contributed by atoms with Gasteiger partial charge in [0, 0.05) is 11.1 Å². The number of aromatic nitrogens is 2. The van der Waals surface area contributed by atoms with Gasteiger partial charge in [-0.1, -0.05) is 29.3 Å². The van der Waals surface area contributed by atoms with Gasteiger partial charge in [0.1, 0.15) is 5.15 Å². The van der Waals surface area contributed by atoms with E-state index in [0.717, 1.165) is 5.56 Å². The van der Waals surface area contributed by atoms with Gasteiger partial charge < -0.3 is 4.74 Å². The van der Waals surface area contributed by atoms with Crippen molar-refractivity contribution >= 4 is 39.4 Å². The first-order valence-corrected chi connectivity index (χ1v) is 11.0. The van der Waals surface area contributed by atoms with Gasteiger partial charge in [0.2, 0.25) is 5.90 Å². The van der Waals surface area contributed by atoms with E-state index in [0.29, 0.717) is 28.4 Å². The van der Waals surface area contributed by atoms with Gasteiger partial charge in [-0.3, -0.25) is 0 Å². The molecule has 1 saturated heterocycles. The maximum Gasteiger partial charge on any atom is 0.363 e. The highest BCUT2D eigenvalue weighted by molar-refractivity contribution is 7.91. The predicted molar refractivity (Wildman–Crippen MR) is 106 cm³/mol. The normalized spacial score (nSPS) is 22.5. The Morgan fingerprint density at radius 2 is 1.96 bits per heavy atom. The van der Waals surface area contributed by atoms with Crippen LogP contribution in [0.5, 0.6) is 0 Å². The molecule has 0 spiro atoms. The van der Waals surface area contributed by atoms with Crippen LogP contribution in [-0.4, -0.2) is 41.6 Å². The summed E-state index contributed by atoms with van der Waals surface area (Å²) in [6.07, 6.45) is 2.01. The van der Waals surface area contributed by atoms with Gasteiger partial charge in [-0.25, -0.2) is 22.9 Å². The predicted octanol–water partition coefficient (Wildman–Crippen LogP) is 2.86. The summed E-state index contributed by atoms with van der Waals surface area (Å²) in [6.45, 7) is 3.72. The first kappa shape index (κ1) is 18.9. The molecule has 28 heavy (non-hydrogen) atoms. The summed E-state index contributed by atoms with van der Waals surface area (Å²) in [7, 11) is -3.07. The second kappa shape index (κ2) is 6.86. The van der Waals surface area contributed by atoms with Gasteiger partial charge in [0.15, 0.2) is 15.5 Å². The van der Waals surface area contributed by atoms with Crippen molar-refractivity contribution in [1.29, 1.82) is 0 Å². The zero-order valence-corrected chi connectivity index (χ0v) is 16.9. The lowest BCUT2D eigenvalue weighted by atomic mass is 10.1. The second-order valence-corrected chi connectivity index (χ2v) is 9.58. The van der Waals surface area contributed by atoms with Crippen molar-refractivity contribution in [3.05, 3.63) is 57.5 Å². The standard InChI is InChI=1S/C19H18ClN3O4S/c1-11-3-5-13(6-4-11)18-21-16(19(24)27-18)9-15-12(2)22-23(17(15)20)14-7-8-28(25,26)10-14/h3-6,9,14H,7-8,10H2,1-2H3/b16-9+. The van der Waals surface area contributed by atoms with E-state index in [1.807, 2.05) is 31.2 Å². The number of nitrogens with zero attached hydrogens (tertiary/aromatic N) is 3. The van der Waals surface area contributed by atoms with Crippen molar-refractivity contribution in [1.82, 2.24) is 9.78 Å². The third-order valence-corrected chi connectivity index (χ3v) is 6.95. The highest BCUT2D eigenvalue weighted by Crippen LogP contribution is 2.32. The van der Waals surface area contributed by atoms with Gasteiger partial charge in [0.25, 0.3) is 0 Å². The van der Waals surface area contributed by atoms with Crippen LogP contribution in [0.4, 0.5) is 0 Å². The number of halogens is 1. The zero-order valence-electron chi connectivity index (χ0n) is 15.3. The molecule has 0 amide bonds. The molecular formula is C19H18ClN3O4S. The van der Waals surface area contributed by atoms with Gasteiger partial charge >= 0.3 is 5.97 Å². The minimum atomic E-state index is -3.07. The molecule has 3 heterocycles. The largest absolute Gasteiger partial charge is 0.402 e. The molecule has 0 saturated carbocycles. The average Bonchev–Trinajstić information content (AvgIpc) is 3.27. The lowest BCUT2D eigenvalue weighted by Gasteiger charge is -2.09. The molecule has 0 aliphatic carbocycles. The zero-order chi connectivity index (χ0) is 20.1. The fraction of sp³-hybridized carbons (Fsp3) is 0.316. The Morgan fingerprint density at radius 3 is 2.61 bits per heavy atom. The van der Waals surface area contributed by atoms with Crippen LogP contribution >= 0.6 is 11.6 Å².